The average molecular weight is 406 g/mol. The maximum Gasteiger partial charge on any atom is 0.197 e. The number of ketones is 1. The number of nitriles is 1. The van der Waals surface area contributed by atoms with Gasteiger partial charge in [-0.2, -0.15) is 5.26 Å². The number of aromatic hydroxyl groups is 1. The summed E-state index contributed by atoms with van der Waals surface area (Å²) >= 11 is 1.31. The smallest absolute Gasteiger partial charge is 0.197 e. The standard InChI is InChI=1S/C22H18N2O4S/c1-14-21(29-22(24-14)16-5-7-17(25)8-6-16)18(26)9-3-15-4-10-19(28-12-11-23)20(13-15)27-2/h3-10,13,25H,12H2,1-2H3/b9-3+. The average Bonchev–Trinajstić information content (AvgIpc) is 3.12. The summed E-state index contributed by atoms with van der Waals surface area (Å²) in [5, 5.41) is 18.8. The van der Waals surface area contributed by atoms with Crippen molar-refractivity contribution in [3.8, 4) is 33.9 Å². The number of benzene rings is 2. The summed E-state index contributed by atoms with van der Waals surface area (Å²) < 4.78 is 10.6. The number of rotatable bonds is 7. The highest BCUT2D eigenvalue weighted by atomic mass is 32.1. The van der Waals surface area contributed by atoms with Crippen molar-refractivity contribution in [3.05, 3.63) is 64.7 Å². The van der Waals surface area contributed by atoms with E-state index in [4.69, 9.17) is 14.7 Å². The Morgan fingerprint density at radius 1 is 1.24 bits per heavy atom. The lowest BCUT2D eigenvalue weighted by Gasteiger charge is -2.08. The Bertz CT molecular complexity index is 1090. The molecule has 0 unspecified atom stereocenters. The Kier molecular flexibility index (Phi) is 6.27. The van der Waals surface area contributed by atoms with Crippen LogP contribution in [0.2, 0.25) is 0 Å². The summed E-state index contributed by atoms with van der Waals surface area (Å²) in [6.45, 7) is 1.73. The van der Waals surface area contributed by atoms with E-state index < -0.39 is 0 Å². The normalized spacial score (nSPS) is 10.7. The molecule has 6 nitrogen and oxygen atoms in total. The number of nitrogens with zero attached hydrogens (tertiary/aromatic N) is 2. The van der Waals surface area contributed by atoms with Crippen LogP contribution in [0.5, 0.6) is 17.2 Å². The maximum atomic E-state index is 12.7. The molecule has 3 aromatic rings. The van der Waals surface area contributed by atoms with Gasteiger partial charge in [-0.1, -0.05) is 12.1 Å². The Morgan fingerprint density at radius 2 is 2.00 bits per heavy atom. The minimum absolute atomic E-state index is 0.0714. The number of carbonyl (C=O) groups excluding carboxylic acids is 1. The van der Waals surface area contributed by atoms with Gasteiger partial charge in [0, 0.05) is 5.56 Å². The fourth-order valence-corrected chi connectivity index (χ4v) is 3.61. The zero-order valence-electron chi connectivity index (χ0n) is 15.9. The van der Waals surface area contributed by atoms with Crippen molar-refractivity contribution in [3.63, 3.8) is 0 Å². The lowest BCUT2D eigenvalue weighted by Crippen LogP contribution is -1.97. The first-order valence-corrected chi connectivity index (χ1v) is 9.50. The minimum Gasteiger partial charge on any atom is -0.508 e. The molecule has 1 heterocycles. The summed E-state index contributed by atoms with van der Waals surface area (Å²) in [5.41, 5.74) is 2.27. The first kappa shape index (κ1) is 20.1. The number of hydrogen-bond donors (Lipinski definition) is 1. The molecule has 2 aromatic carbocycles. The van der Waals surface area contributed by atoms with E-state index in [2.05, 4.69) is 4.98 Å². The highest BCUT2D eigenvalue weighted by Gasteiger charge is 2.14. The van der Waals surface area contributed by atoms with Gasteiger partial charge in [0.1, 0.15) is 16.8 Å². The fraction of sp³-hybridized carbons (Fsp3) is 0.136. The van der Waals surface area contributed by atoms with Crippen LogP contribution < -0.4 is 9.47 Å². The summed E-state index contributed by atoms with van der Waals surface area (Å²) in [6, 6.07) is 13.8. The zero-order valence-corrected chi connectivity index (χ0v) is 16.7. The number of allylic oxidation sites excluding steroid dienone is 1. The van der Waals surface area contributed by atoms with Gasteiger partial charge in [-0.3, -0.25) is 4.79 Å². The van der Waals surface area contributed by atoms with E-state index in [1.807, 2.05) is 6.07 Å². The number of phenols is 1. The number of ether oxygens (including phenoxy) is 2. The molecule has 0 fully saturated rings. The quantitative estimate of drug-likeness (QED) is 0.454. The van der Waals surface area contributed by atoms with E-state index in [0.717, 1.165) is 16.1 Å². The van der Waals surface area contributed by atoms with E-state index in [9.17, 15) is 9.90 Å². The Balaban J connectivity index is 1.79. The molecule has 29 heavy (non-hydrogen) atoms. The van der Waals surface area contributed by atoms with Crippen LogP contribution in [-0.2, 0) is 0 Å². The van der Waals surface area contributed by atoms with Crippen molar-refractivity contribution >= 4 is 23.2 Å². The van der Waals surface area contributed by atoms with Gasteiger partial charge in [-0.25, -0.2) is 4.98 Å². The van der Waals surface area contributed by atoms with Crippen molar-refractivity contribution in [2.45, 2.75) is 6.92 Å². The number of aryl methyl sites for hydroxylation is 1. The second kappa shape index (κ2) is 9.04. The second-order valence-corrected chi connectivity index (χ2v) is 7.03. The molecule has 0 aliphatic carbocycles. The summed E-state index contributed by atoms with van der Waals surface area (Å²) in [6.07, 6.45) is 3.18. The summed E-state index contributed by atoms with van der Waals surface area (Å²) in [5.74, 6) is 0.988. The number of carbonyl (C=O) groups is 1. The van der Waals surface area contributed by atoms with E-state index in [1.54, 1.807) is 55.5 Å². The molecule has 0 amide bonds. The third kappa shape index (κ3) is 4.81. The lowest BCUT2D eigenvalue weighted by molar-refractivity contribution is 0.105. The highest BCUT2D eigenvalue weighted by molar-refractivity contribution is 7.17. The molecule has 0 radical (unpaired) electrons. The molecule has 1 N–H and O–H groups in total. The molecule has 0 aliphatic rings. The molecule has 1 aromatic heterocycles. The molecular formula is C22H18N2O4S. The number of methoxy groups -OCH3 is 1. The predicted molar refractivity (Wildman–Crippen MR) is 111 cm³/mol. The van der Waals surface area contributed by atoms with Gasteiger partial charge in [0.2, 0.25) is 0 Å². The molecule has 0 atom stereocenters. The molecule has 0 saturated carbocycles. The Hall–Kier alpha value is -3.63. The summed E-state index contributed by atoms with van der Waals surface area (Å²) in [4.78, 5) is 17.7. The lowest BCUT2D eigenvalue weighted by atomic mass is 10.1. The Morgan fingerprint density at radius 3 is 2.69 bits per heavy atom. The Labute approximate surface area is 172 Å². The van der Waals surface area contributed by atoms with E-state index >= 15 is 0 Å². The molecule has 146 valence electrons. The van der Waals surface area contributed by atoms with E-state index in [1.165, 1.54) is 24.5 Å². The fourth-order valence-electron chi connectivity index (χ4n) is 2.62. The molecule has 0 saturated heterocycles. The van der Waals surface area contributed by atoms with Crippen LogP contribution in [0.4, 0.5) is 0 Å². The monoisotopic (exact) mass is 406 g/mol. The van der Waals surface area contributed by atoms with Gasteiger partial charge in [0.05, 0.1) is 17.7 Å². The molecule has 0 bridgehead atoms. The van der Waals surface area contributed by atoms with Crippen molar-refractivity contribution in [1.82, 2.24) is 4.98 Å². The maximum absolute atomic E-state index is 12.7. The second-order valence-electron chi connectivity index (χ2n) is 6.04. The number of phenolic OH excluding ortho intramolecular Hbond substituents is 1. The first-order valence-electron chi connectivity index (χ1n) is 8.69. The van der Waals surface area contributed by atoms with Gasteiger partial charge >= 0.3 is 0 Å². The third-order valence-corrected chi connectivity index (χ3v) is 5.26. The van der Waals surface area contributed by atoms with Crippen molar-refractivity contribution < 1.29 is 19.4 Å². The van der Waals surface area contributed by atoms with Gasteiger partial charge in [-0.05, 0) is 55.0 Å². The molecule has 0 spiro atoms. The number of aromatic nitrogens is 1. The van der Waals surface area contributed by atoms with Gasteiger partial charge in [0.15, 0.2) is 23.9 Å². The topological polar surface area (TPSA) is 92.4 Å². The molecular weight excluding hydrogens is 388 g/mol. The van der Waals surface area contributed by atoms with Crippen molar-refractivity contribution in [1.29, 1.82) is 5.26 Å². The van der Waals surface area contributed by atoms with Crippen LogP contribution in [0.1, 0.15) is 20.9 Å². The summed E-state index contributed by atoms with van der Waals surface area (Å²) in [7, 11) is 1.51. The van der Waals surface area contributed by atoms with Crippen LogP contribution >= 0.6 is 11.3 Å². The minimum atomic E-state index is -0.145. The largest absolute Gasteiger partial charge is 0.508 e. The molecule has 0 aliphatic heterocycles. The van der Waals surface area contributed by atoms with Crippen molar-refractivity contribution in [2.24, 2.45) is 0 Å². The van der Waals surface area contributed by atoms with E-state index in [0.29, 0.717) is 22.1 Å². The van der Waals surface area contributed by atoms with Gasteiger partial charge in [-0.15, -0.1) is 11.3 Å². The van der Waals surface area contributed by atoms with Crippen LogP contribution in [0.25, 0.3) is 16.6 Å². The molecule has 3 rings (SSSR count). The van der Waals surface area contributed by atoms with Crippen LogP contribution in [0.3, 0.4) is 0 Å². The number of hydrogen-bond acceptors (Lipinski definition) is 7. The van der Waals surface area contributed by atoms with Crippen LogP contribution in [0, 0.1) is 18.3 Å². The van der Waals surface area contributed by atoms with E-state index in [-0.39, 0.29) is 18.1 Å². The van der Waals surface area contributed by atoms with Crippen LogP contribution in [0.15, 0.2) is 48.5 Å². The van der Waals surface area contributed by atoms with Gasteiger partial charge < -0.3 is 14.6 Å². The zero-order chi connectivity index (χ0) is 20.8. The SMILES string of the molecule is COc1cc(/C=C/C(=O)c2sc(-c3ccc(O)cc3)nc2C)ccc1OCC#N. The highest BCUT2D eigenvalue weighted by Crippen LogP contribution is 2.31. The first-order chi connectivity index (χ1) is 14.0. The molecule has 7 heteroatoms. The third-order valence-electron chi connectivity index (χ3n) is 4.04. The number of thiazole rings is 1. The van der Waals surface area contributed by atoms with Gasteiger partial charge in [0.25, 0.3) is 0 Å². The predicted octanol–water partition coefficient (Wildman–Crippen LogP) is 4.63. The van der Waals surface area contributed by atoms with Crippen molar-refractivity contribution in [2.75, 3.05) is 13.7 Å². The van der Waals surface area contributed by atoms with Crippen LogP contribution in [-0.4, -0.2) is 29.6 Å².